The van der Waals surface area contributed by atoms with Crippen LogP contribution in [0.3, 0.4) is 0 Å². The molecule has 0 amide bonds. The molecule has 0 spiro atoms. The maximum atomic E-state index is 4.46. The molecule has 0 saturated carbocycles. The van der Waals surface area contributed by atoms with Crippen molar-refractivity contribution >= 4 is 16.7 Å². The van der Waals surface area contributed by atoms with Gasteiger partial charge in [0.25, 0.3) is 0 Å². The second-order valence-electron chi connectivity index (χ2n) is 3.08. The van der Waals surface area contributed by atoms with Gasteiger partial charge in [-0.2, -0.15) is 4.37 Å². The number of aryl methyl sites for hydroxylation is 1. The summed E-state index contributed by atoms with van der Waals surface area (Å²) in [4.78, 5) is 6.76. The van der Waals surface area contributed by atoms with Gasteiger partial charge in [0.15, 0.2) is 0 Å². The predicted octanol–water partition coefficient (Wildman–Crippen LogP) is 0.510. The molecule has 0 bridgehead atoms. The van der Waals surface area contributed by atoms with E-state index in [0.29, 0.717) is 0 Å². The van der Waals surface area contributed by atoms with Crippen LogP contribution in [0.2, 0.25) is 0 Å². The topological polar surface area (TPSA) is 41.1 Å². The molecule has 13 heavy (non-hydrogen) atoms. The fourth-order valence-electron chi connectivity index (χ4n) is 1.37. The molecule has 1 aliphatic rings. The summed E-state index contributed by atoms with van der Waals surface area (Å²) in [5.74, 6) is 0.971. The van der Waals surface area contributed by atoms with Crippen LogP contribution in [-0.2, 0) is 6.42 Å². The summed E-state index contributed by atoms with van der Waals surface area (Å²) in [6, 6.07) is 0. The van der Waals surface area contributed by atoms with Gasteiger partial charge >= 0.3 is 0 Å². The van der Waals surface area contributed by atoms with Crippen LogP contribution in [0.1, 0.15) is 12.7 Å². The van der Waals surface area contributed by atoms with Crippen LogP contribution in [0.15, 0.2) is 0 Å². The summed E-state index contributed by atoms with van der Waals surface area (Å²) >= 11 is 1.52. The fourth-order valence-corrected chi connectivity index (χ4v) is 2.17. The van der Waals surface area contributed by atoms with Gasteiger partial charge in [-0.05, 0) is 0 Å². The van der Waals surface area contributed by atoms with Crippen LogP contribution in [0.5, 0.6) is 0 Å². The minimum Gasteiger partial charge on any atom is -0.344 e. The third-order valence-electron chi connectivity index (χ3n) is 2.16. The van der Waals surface area contributed by atoms with Crippen LogP contribution < -0.4 is 10.2 Å². The van der Waals surface area contributed by atoms with Crippen molar-refractivity contribution in [2.45, 2.75) is 13.3 Å². The van der Waals surface area contributed by atoms with Gasteiger partial charge in [0.05, 0.1) is 0 Å². The lowest BCUT2D eigenvalue weighted by molar-refractivity contribution is 0.588. The van der Waals surface area contributed by atoms with Crippen molar-refractivity contribution in [3.8, 4) is 0 Å². The van der Waals surface area contributed by atoms with Gasteiger partial charge in [-0.15, -0.1) is 0 Å². The molecule has 1 N–H and O–H groups in total. The molecule has 2 heterocycles. The summed E-state index contributed by atoms with van der Waals surface area (Å²) in [7, 11) is 0. The molecule has 2 rings (SSSR count). The maximum Gasteiger partial charge on any atom is 0.205 e. The Labute approximate surface area is 82.1 Å². The first-order valence-electron chi connectivity index (χ1n) is 4.68. The number of hydrogen-bond acceptors (Lipinski definition) is 5. The van der Waals surface area contributed by atoms with E-state index < -0.39 is 0 Å². The van der Waals surface area contributed by atoms with Crippen molar-refractivity contribution in [1.82, 2.24) is 14.7 Å². The number of nitrogens with zero attached hydrogens (tertiary/aromatic N) is 3. The Hall–Kier alpha value is -0.680. The summed E-state index contributed by atoms with van der Waals surface area (Å²) < 4.78 is 4.28. The van der Waals surface area contributed by atoms with E-state index in [1.807, 2.05) is 0 Å². The molecule has 0 radical (unpaired) electrons. The van der Waals surface area contributed by atoms with Crippen molar-refractivity contribution in [3.05, 3.63) is 5.82 Å². The van der Waals surface area contributed by atoms with Crippen LogP contribution in [0.25, 0.3) is 0 Å². The zero-order valence-corrected chi connectivity index (χ0v) is 8.60. The first-order chi connectivity index (χ1) is 6.40. The van der Waals surface area contributed by atoms with Gasteiger partial charge in [-0.1, -0.05) is 6.92 Å². The van der Waals surface area contributed by atoms with E-state index in [-0.39, 0.29) is 0 Å². The molecule has 4 nitrogen and oxygen atoms in total. The van der Waals surface area contributed by atoms with Crippen molar-refractivity contribution in [3.63, 3.8) is 0 Å². The molecule has 1 saturated heterocycles. The number of rotatable bonds is 2. The first-order valence-corrected chi connectivity index (χ1v) is 5.45. The van der Waals surface area contributed by atoms with Gasteiger partial charge in [-0.3, -0.25) is 0 Å². The van der Waals surface area contributed by atoms with E-state index in [2.05, 4.69) is 26.5 Å². The second kappa shape index (κ2) is 4.02. The molecule has 1 aliphatic heterocycles. The zero-order valence-electron chi connectivity index (χ0n) is 7.79. The van der Waals surface area contributed by atoms with E-state index in [9.17, 15) is 0 Å². The highest BCUT2D eigenvalue weighted by Crippen LogP contribution is 2.17. The maximum absolute atomic E-state index is 4.46. The molecule has 0 unspecified atom stereocenters. The molecule has 72 valence electrons. The normalized spacial score (nSPS) is 17.8. The third-order valence-corrected chi connectivity index (χ3v) is 2.98. The average Bonchev–Trinajstić information content (AvgIpc) is 2.67. The van der Waals surface area contributed by atoms with Crippen LogP contribution in [0.4, 0.5) is 5.13 Å². The Bertz CT molecular complexity index is 267. The van der Waals surface area contributed by atoms with E-state index in [4.69, 9.17) is 0 Å². The van der Waals surface area contributed by atoms with Crippen molar-refractivity contribution in [2.24, 2.45) is 0 Å². The smallest absolute Gasteiger partial charge is 0.205 e. The number of anilines is 1. The van der Waals surface area contributed by atoms with Gasteiger partial charge < -0.3 is 10.2 Å². The number of hydrogen-bond donors (Lipinski definition) is 1. The number of aromatic nitrogens is 2. The Kier molecular flexibility index (Phi) is 2.75. The summed E-state index contributed by atoms with van der Waals surface area (Å²) in [5, 5.41) is 4.40. The van der Waals surface area contributed by atoms with Crippen LogP contribution >= 0.6 is 11.5 Å². The zero-order chi connectivity index (χ0) is 9.10. The van der Waals surface area contributed by atoms with Gasteiger partial charge in [-0.25, -0.2) is 4.98 Å². The molecule has 0 aromatic carbocycles. The Morgan fingerprint density at radius 3 is 2.85 bits per heavy atom. The molecular weight excluding hydrogens is 184 g/mol. The number of piperazine rings is 1. The minimum absolute atomic E-state index is 0.933. The van der Waals surface area contributed by atoms with Crippen LogP contribution in [0, 0.1) is 0 Å². The summed E-state index contributed by atoms with van der Waals surface area (Å²) in [5.41, 5.74) is 0. The SMILES string of the molecule is CCc1nsc(N2CCNCC2)n1. The minimum atomic E-state index is 0.933. The molecular formula is C8H14N4S. The van der Waals surface area contributed by atoms with Crippen molar-refractivity contribution in [1.29, 1.82) is 0 Å². The largest absolute Gasteiger partial charge is 0.344 e. The lowest BCUT2D eigenvalue weighted by Crippen LogP contribution is -2.43. The van der Waals surface area contributed by atoms with Gasteiger partial charge in [0.1, 0.15) is 5.82 Å². The first kappa shape index (κ1) is 8.90. The second-order valence-corrected chi connectivity index (χ2v) is 3.81. The molecule has 5 heteroatoms. The molecule has 1 aromatic heterocycles. The highest BCUT2D eigenvalue weighted by atomic mass is 32.1. The highest BCUT2D eigenvalue weighted by Gasteiger charge is 2.13. The van der Waals surface area contributed by atoms with Crippen molar-refractivity contribution < 1.29 is 0 Å². The molecule has 0 aliphatic carbocycles. The standard InChI is InChI=1S/C8H14N4S/c1-2-7-10-8(13-11-7)12-5-3-9-4-6-12/h9H,2-6H2,1H3. The molecule has 1 fully saturated rings. The van der Waals surface area contributed by atoms with Gasteiger partial charge in [0, 0.05) is 44.1 Å². The monoisotopic (exact) mass is 198 g/mol. The van der Waals surface area contributed by atoms with E-state index >= 15 is 0 Å². The lowest BCUT2D eigenvalue weighted by atomic mass is 10.4. The van der Waals surface area contributed by atoms with Gasteiger partial charge in [0.2, 0.25) is 5.13 Å². The lowest BCUT2D eigenvalue weighted by Gasteiger charge is -2.26. The molecule has 1 aromatic rings. The average molecular weight is 198 g/mol. The van der Waals surface area contributed by atoms with E-state index in [1.54, 1.807) is 0 Å². The third kappa shape index (κ3) is 1.97. The summed E-state index contributed by atoms with van der Waals surface area (Å²) in [6.07, 6.45) is 0.933. The Morgan fingerprint density at radius 2 is 2.23 bits per heavy atom. The summed E-state index contributed by atoms with van der Waals surface area (Å²) in [6.45, 7) is 6.31. The van der Waals surface area contributed by atoms with E-state index in [1.165, 1.54) is 11.5 Å². The van der Waals surface area contributed by atoms with Crippen molar-refractivity contribution in [2.75, 3.05) is 31.1 Å². The fraction of sp³-hybridized carbons (Fsp3) is 0.750. The molecule has 0 atom stereocenters. The quantitative estimate of drug-likeness (QED) is 0.752. The highest BCUT2D eigenvalue weighted by molar-refractivity contribution is 7.09. The predicted molar refractivity (Wildman–Crippen MR) is 54.4 cm³/mol. The van der Waals surface area contributed by atoms with Crippen LogP contribution in [-0.4, -0.2) is 35.5 Å². The van der Waals surface area contributed by atoms with E-state index in [0.717, 1.165) is 43.6 Å². The Balaban J connectivity index is 2.05. The number of nitrogens with one attached hydrogen (secondary N) is 1. The Morgan fingerprint density at radius 1 is 1.46 bits per heavy atom.